The van der Waals surface area contributed by atoms with E-state index in [9.17, 15) is 13.2 Å². The van der Waals surface area contributed by atoms with E-state index in [4.69, 9.17) is 0 Å². The lowest BCUT2D eigenvalue weighted by molar-refractivity contribution is -0.144. The number of aryl methyl sites for hydroxylation is 1. The summed E-state index contributed by atoms with van der Waals surface area (Å²) in [6.45, 7) is 1.89. The summed E-state index contributed by atoms with van der Waals surface area (Å²) in [5.41, 5.74) is 1.60. The van der Waals surface area contributed by atoms with E-state index < -0.39 is 12.0 Å². The molecule has 0 radical (unpaired) electrons. The molecule has 1 heterocycles. The first-order valence-corrected chi connectivity index (χ1v) is 6.76. The van der Waals surface area contributed by atoms with Crippen LogP contribution in [0, 0.1) is 6.92 Å². The SMILES string of the molecule is CNc1cc(Nc2cc(C)ccc2Br)nc(C(F)(F)F)n1. The van der Waals surface area contributed by atoms with Gasteiger partial charge in [0.2, 0.25) is 5.82 Å². The normalized spacial score (nSPS) is 11.3. The van der Waals surface area contributed by atoms with E-state index >= 15 is 0 Å². The fourth-order valence-corrected chi connectivity index (χ4v) is 1.98. The number of hydrogen-bond donors (Lipinski definition) is 2. The predicted octanol–water partition coefficient (Wildman–Crippen LogP) is 4.35. The number of aromatic nitrogens is 2. The van der Waals surface area contributed by atoms with Crippen molar-refractivity contribution in [2.45, 2.75) is 13.1 Å². The smallest absolute Gasteiger partial charge is 0.373 e. The monoisotopic (exact) mass is 360 g/mol. The molecular formula is C13H12BrF3N4. The van der Waals surface area contributed by atoms with E-state index in [1.54, 1.807) is 6.07 Å². The van der Waals surface area contributed by atoms with Crippen molar-refractivity contribution in [1.82, 2.24) is 9.97 Å². The van der Waals surface area contributed by atoms with Gasteiger partial charge in [-0.1, -0.05) is 6.07 Å². The number of nitrogens with zero attached hydrogens (tertiary/aromatic N) is 2. The molecule has 21 heavy (non-hydrogen) atoms. The molecule has 2 N–H and O–H groups in total. The number of halogens is 4. The standard InChI is InChI=1S/C13H12BrF3N4/c1-7-3-4-8(14)9(5-7)19-11-6-10(18-2)20-12(21-11)13(15,16)17/h3-6H,1-2H3,(H2,18,19,20,21). The van der Waals surface area contributed by atoms with Gasteiger partial charge in [0.1, 0.15) is 11.6 Å². The molecule has 0 amide bonds. The van der Waals surface area contributed by atoms with Crippen LogP contribution in [0.3, 0.4) is 0 Å². The lowest BCUT2D eigenvalue weighted by Gasteiger charge is -2.12. The molecule has 0 unspecified atom stereocenters. The number of anilines is 3. The molecule has 0 aliphatic carbocycles. The molecule has 0 aliphatic rings. The molecule has 0 bridgehead atoms. The van der Waals surface area contributed by atoms with Crippen molar-refractivity contribution in [3.05, 3.63) is 40.1 Å². The van der Waals surface area contributed by atoms with Crippen molar-refractivity contribution in [3.63, 3.8) is 0 Å². The summed E-state index contributed by atoms with van der Waals surface area (Å²) >= 11 is 3.34. The van der Waals surface area contributed by atoms with Gasteiger partial charge in [0, 0.05) is 17.6 Å². The Bertz CT molecular complexity index is 658. The van der Waals surface area contributed by atoms with Crippen molar-refractivity contribution in [1.29, 1.82) is 0 Å². The lowest BCUT2D eigenvalue weighted by Crippen LogP contribution is -2.13. The molecule has 0 aliphatic heterocycles. The van der Waals surface area contributed by atoms with Gasteiger partial charge in [0.25, 0.3) is 0 Å². The summed E-state index contributed by atoms with van der Waals surface area (Å²) in [6.07, 6.45) is -4.60. The molecule has 1 aromatic heterocycles. The Morgan fingerprint density at radius 1 is 1.10 bits per heavy atom. The number of nitrogens with one attached hydrogen (secondary N) is 2. The van der Waals surface area contributed by atoms with E-state index in [-0.39, 0.29) is 11.6 Å². The van der Waals surface area contributed by atoms with Gasteiger partial charge in [0.15, 0.2) is 0 Å². The second-order valence-electron chi connectivity index (χ2n) is 4.32. The number of benzene rings is 1. The van der Waals surface area contributed by atoms with Crippen LogP contribution in [-0.4, -0.2) is 17.0 Å². The maximum atomic E-state index is 12.8. The second kappa shape index (κ2) is 5.88. The highest BCUT2D eigenvalue weighted by Gasteiger charge is 2.35. The van der Waals surface area contributed by atoms with Crippen molar-refractivity contribution in [2.24, 2.45) is 0 Å². The Balaban J connectivity index is 2.42. The van der Waals surface area contributed by atoms with Gasteiger partial charge in [0.05, 0.1) is 5.69 Å². The predicted molar refractivity (Wildman–Crippen MR) is 78.7 cm³/mol. The minimum absolute atomic E-state index is 0.0629. The van der Waals surface area contributed by atoms with Crippen LogP contribution in [0.2, 0.25) is 0 Å². The maximum Gasteiger partial charge on any atom is 0.451 e. The third-order valence-corrected chi connectivity index (χ3v) is 3.31. The van der Waals surface area contributed by atoms with Crippen LogP contribution in [-0.2, 0) is 6.18 Å². The summed E-state index contributed by atoms with van der Waals surface area (Å²) in [7, 11) is 1.49. The van der Waals surface area contributed by atoms with Crippen LogP contribution >= 0.6 is 15.9 Å². The molecule has 2 aromatic rings. The molecule has 4 nitrogen and oxygen atoms in total. The Morgan fingerprint density at radius 3 is 2.38 bits per heavy atom. The Morgan fingerprint density at radius 2 is 1.76 bits per heavy atom. The van der Waals surface area contributed by atoms with Gasteiger partial charge < -0.3 is 10.6 Å². The van der Waals surface area contributed by atoms with E-state index in [1.165, 1.54) is 13.1 Å². The van der Waals surface area contributed by atoms with Gasteiger partial charge in [-0.15, -0.1) is 0 Å². The van der Waals surface area contributed by atoms with Gasteiger partial charge >= 0.3 is 6.18 Å². The minimum Gasteiger partial charge on any atom is -0.373 e. The van der Waals surface area contributed by atoms with Crippen LogP contribution in [0.5, 0.6) is 0 Å². The zero-order valence-electron chi connectivity index (χ0n) is 11.2. The third kappa shape index (κ3) is 3.84. The summed E-state index contributed by atoms with van der Waals surface area (Å²) in [5, 5.41) is 5.45. The highest BCUT2D eigenvalue weighted by molar-refractivity contribution is 9.10. The third-order valence-electron chi connectivity index (χ3n) is 2.62. The molecular weight excluding hydrogens is 349 g/mol. The Hall–Kier alpha value is -1.83. The lowest BCUT2D eigenvalue weighted by atomic mass is 10.2. The molecule has 1 aromatic carbocycles. The molecule has 8 heteroatoms. The number of alkyl halides is 3. The number of rotatable bonds is 3. The van der Waals surface area contributed by atoms with Crippen molar-refractivity contribution in [2.75, 3.05) is 17.7 Å². The van der Waals surface area contributed by atoms with Crippen LogP contribution in [0.25, 0.3) is 0 Å². The van der Waals surface area contributed by atoms with Crippen LogP contribution in [0.1, 0.15) is 11.4 Å². The molecule has 2 rings (SSSR count). The molecule has 0 spiro atoms. The number of hydrogen-bond acceptors (Lipinski definition) is 4. The largest absolute Gasteiger partial charge is 0.451 e. The first-order chi connectivity index (χ1) is 9.79. The average molecular weight is 361 g/mol. The Labute approximate surface area is 127 Å². The Kier molecular flexibility index (Phi) is 4.36. The van der Waals surface area contributed by atoms with E-state index in [0.717, 1.165) is 10.0 Å². The highest BCUT2D eigenvalue weighted by Crippen LogP contribution is 2.31. The summed E-state index contributed by atoms with van der Waals surface area (Å²) < 4.78 is 39.1. The second-order valence-corrected chi connectivity index (χ2v) is 5.17. The van der Waals surface area contributed by atoms with E-state index in [2.05, 4.69) is 36.5 Å². The maximum absolute atomic E-state index is 12.8. The molecule has 0 saturated carbocycles. The first-order valence-electron chi connectivity index (χ1n) is 5.97. The minimum atomic E-state index is -4.60. The summed E-state index contributed by atoms with van der Waals surface area (Å²) in [5.74, 6) is -1.04. The van der Waals surface area contributed by atoms with Crippen molar-refractivity contribution < 1.29 is 13.2 Å². The summed E-state index contributed by atoms with van der Waals surface area (Å²) in [6, 6.07) is 6.90. The molecule has 0 fully saturated rings. The van der Waals surface area contributed by atoms with Gasteiger partial charge in [-0.25, -0.2) is 9.97 Å². The van der Waals surface area contributed by atoms with Crippen LogP contribution in [0.4, 0.5) is 30.5 Å². The van der Waals surface area contributed by atoms with E-state index in [0.29, 0.717) is 5.69 Å². The molecule has 0 saturated heterocycles. The van der Waals surface area contributed by atoms with Gasteiger partial charge in [-0.2, -0.15) is 13.2 Å². The average Bonchev–Trinajstić information content (AvgIpc) is 2.41. The topological polar surface area (TPSA) is 49.8 Å². The fourth-order valence-electron chi connectivity index (χ4n) is 1.64. The van der Waals surface area contributed by atoms with E-state index in [1.807, 2.05) is 19.1 Å². The molecule has 0 atom stereocenters. The zero-order chi connectivity index (χ0) is 15.6. The van der Waals surface area contributed by atoms with Crippen molar-refractivity contribution >= 4 is 33.3 Å². The zero-order valence-corrected chi connectivity index (χ0v) is 12.8. The van der Waals surface area contributed by atoms with Crippen LogP contribution in [0.15, 0.2) is 28.7 Å². The molecule has 112 valence electrons. The van der Waals surface area contributed by atoms with Gasteiger partial charge in [-0.3, -0.25) is 0 Å². The summed E-state index contributed by atoms with van der Waals surface area (Å²) in [4.78, 5) is 6.92. The fraction of sp³-hybridized carbons (Fsp3) is 0.231. The van der Waals surface area contributed by atoms with Gasteiger partial charge in [-0.05, 0) is 40.5 Å². The van der Waals surface area contributed by atoms with Crippen LogP contribution < -0.4 is 10.6 Å². The quantitative estimate of drug-likeness (QED) is 0.854. The first kappa shape index (κ1) is 15.6. The highest BCUT2D eigenvalue weighted by atomic mass is 79.9. The van der Waals surface area contributed by atoms with Crippen molar-refractivity contribution in [3.8, 4) is 0 Å².